The fourth-order valence-electron chi connectivity index (χ4n) is 3.77. The number of carboxylic acids is 1. The third-order valence-electron chi connectivity index (χ3n) is 5.16. The van der Waals surface area contributed by atoms with Gasteiger partial charge in [0.2, 0.25) is 6.10 Å². The van der Waals surface area contributed by atoms with E-state index in [9.17, 15) is 14.7 Å². The van der Waals surface area contributed by atoms with Crippen molar-refractivity contribution in [1.82, 2.24) is 0 Å². The first-order valence-electron chi connectivity index (χ1n) is 9.09. The van der Waals surface area contributed by atoms with Gasteiger partial charge in [0.1, 0.15) is 11.3 Å². The molecule has 5 nitrogen and oxygen atoms in total. The van der Waals surface area contributed by atoms with Crippen LogP contribution in [0.3, 0.4) is 0 Å². The van der Waals surface area contributed by atoms with Gasteiger partial charge in [0, 0.05) is 22.1 Å². The summed E-state index contributed by atoms with van der Waals surface area (Å²) in [5.74, 6) is -0.676. The summed E-state index contributed by atoms with van der Waals surface area (Å²) in [5.41, 5.74) is 3.21. The first-order chi connectivity index (χ1) is 13.1. The Morgan fingerprint density at radius 2 is 1.78 bits per heavy atom. The number of fused-ring (bicyclic) bond motifs is 3. The summed E-state index contributed by atoms with van der Waals surface area (Å²) < 4.78 is 11.4. The highest BCUT2D eigenvalue weighted by Gasteiger charge is 2.24. The lowest BCUT2D eigenvalue weighted by atomic mass is 9.90. The first-order valence-corrected chi connectivity index (χ1v) is 9.09. The van der Waals surface area contributed by atoms with Gasteiger partial charge < -0.3 is 14.3 Å². The van der Waals surface area contributed by atoms with Gasteiger partial charge in [-0.15, -0.1) is 0 Å². The van der Waals surface area contributed by atoms with Gasteiger partial charge in [0.05, 0.1) is 0 Å². The lowest BCUT2D eigenvalue weighted by Gasteiger charge is -2.20. The van der Waals surface area contributed by atoms with Crippen LogP contribution in [0.2, 0.25) is 0 Å². The molecule has 1 heterocycles. The monoisotopic (exact) mass is 364 g/mol. The normalized spacial score (nSPS) is 14.6. The van der Waals surface area contributed by atoms with E-state index in [1.165, 1.54) is 0 Å². The topological polar surface area (TPSA) is 76.7 Å². The van der Waals surface area contributed by atoms with E-state index in [1.807, 2.05) is 12.1 Å². The summed E-state index contributed by atoms with van der Waals surface area (Å²) in [6.07, 6.45) is 2.53. The van der Waals surface area contributed by atoms with Crippen molar-refractivity contribution in [2.24, 2.45) is 0 Å². The number of hydrogen-bond acceptors (Lipinski definition) is 4. The number of benzene rings is 2. The smallest absolute Gasteiger partial charge is 0.349 e. The van der Waals surface area contributed by atoms with E-state index in [-0.39, 0.29) is 5.63 Å². The van der Waals surface area contributed by atoms with Crippen LogP contribution in [-0.2, 0) is 17.6 Å². The molecule has 0 fully saturated rings. The Balaban J connectivity index is 1.80. The van der Waals surface area contributed by atoms with E-state index in [0.29, 0.717) is 22.5 Å². The van der Waals surface area contributed by atoms with Crippen LogP contribution in [0.15, 0.2) is 51.7 Å². The molecule has 27 heavy (non-hydrogen) atoms. The van der Waals surface area contributed by atoms with Gasteiger partial charge in [-0.3, -0.25) is 0 Å². The molecule has 2 aromatic carbocycles. The largest absolute Gasteiger partial charge is 0.478 e. The van der Waals surface area contributed by atoms with E-state index in [2.05, 4.69) is 0 Å². The Bertz CT molecular complexity index is 1070. The highest BCUT2D eigenvalue weighted by Crippen LogP contribution is 2.34. The molecule has 5 heteroatoms. The van der Waals surface area contributed by atoms with Crippen molar-refractivity contribution in [3.8, 4) is 5.75 Å². The van der Waals surface area contributed by atoms with Crippen LogP contribution < -0.4 is 10.4 Å². The lowest BCUT2D eigenvalue weighted by Crippen LogP contribution is -2.19. The summed E-state index contributed by atoms with van der Waals surface area (Å²) in [5, 5.41) is 10.5. The van der Waals surface area contributed by atoms with Crippen LogP contribution in [0.25, 0.3) is 11.0 Å². The predicted octanol–water partition coefficient (Wildman–Crippen LogP) is 4.18. The van der Waals surface area contributed by atoms with Crippen LogP contribution in [0.5, 0.6) is 5.75 Å². The zero-order valence-electron chi connectivity index (χ0n) is 15.0. The van der Waals surface area contributed by atoms with Crippen molar-refractivity contribution in [2.45, 2.75) is 38.7 Å². The van der Waals surface area contributed by atoms with Gasteiger partial charge in [-0.2, -0.15) is 0 Å². The second-order valence-electron chi connectivity index (χ2n) is 6.87. The molecule has 1 aromatic heterocycles. The quantitative estimate of drug-likeness (QED) is 0.703. The summed E-state index contributed by atoms with van der Waals surface area (Å²) >= 11 is 0. The van der Waals surface area contributed by atoms with E-state index < -0.39 is 12.1 Å². The molecule has 1 aliphatic rings. The third-order valence-corrected chi connectivity index (χ3v) is 5.16. The molecule has 1 atom stereocenters. The fraction of sp³-hybridized carbons (Fsp3) is 0.273. The van der Waals surface area contributed by atoms with E-state index in [4.69, 9.17) is 9.15 Å². The first kappa shape index (κ1) is 17.3. The van der Waals surface area contributed by atoms with Gasteiger partial charge >= 0.3 is 11.6 Å². The fourth-order valence-corrected chi connectivity index (χ4v) is 3.77. The summed E-state index contributed by atoms with van der Waals surface area (Å²) in [6.45, 7) is 1.79. The van der Waals surface area contributed by atoms with Gasteiger partial charge in [-0.05, 0) is 50.3 Å². The minimum absolute atomic E-state index is 0.296. The lowest BCUT2D eigenvalue weighted by molar-refractivity contribution is -0.145. The molecular weight excluding hydrogens is 344 g/mol. The molecule has 0 saturated heterocycles. The van der Waals surface area contributed by atoms with Gasteiger partial charge in [0.25, 0.3) is 0 Å². The zero-order valence-corrected chi connectivity index (χ0v) is 15.0. The number of hydrogen-bond donors (Lipinski definition) is 1. The summed E-state index contributed by atoms with van der Waals surface area (Å²) in [4.78, 5) is 24.1. The van der Waals surface area contributed by atoms with Crippen molar-refractivity contribution < 1.29 is 19.1 Å². The van der Waals surface area contributed by atoms with Crippen molar-refractivity contribution in [2.75, 3.05) is 0 Å². The van der Waals surface area contributed by atoms with Crippen LogP contribution in [-0.4, -0.2) is 11.1 Å². The van der Waals surface area contributed by atoms with Gasteiger partial charge in [-0.25, -0.2) is 9.59 Å². The molecular formula is C22H20O5. The molecule has 0 radical (unpaired) electrons. The Hall–Kier alpha value is -3.08. The molecule has 0 spiro atoms. The Kier molecular flexibility index (Phi) is 4.44. The average molecular weight is 364 g/mol. The molecule has 0 aliphatic heterocycles. The van der Waals surface area contributed by atoms with Crippen LogP contribution in [0, 0.1) is 6.92 Å². The minimum atomic E-state index is -1.13. The van der Waals surface area contributed by atoms with Gasteiger partial charge in [0.15, 0.2) is 0 Å². The number of carboxylic acid groups (broad SMARTS) is 1. The molecule has 1 aliphatic carbocycles. The molecule has 0 amide bonds. The molecule has 3 aromatic rings. The molecule has 0 saturated carbocycles. The number of aryl methyl sites for hydroxylation is 2. The number of aliphatic carboxylic acids is 1. The van der Waals surface area contributed by atoms with Crippen LogP contribution >= 0.6 is 0 Å². The maximum atomic E-state index is 12.4. The molecule has 1 N–H and O–H groups in total. The van der Waals surface area contributed by atoms with E-state index in [0.717, 1.165) is 42.2 Å². The number of carbonyl (C=O) groups is 1. The average Bonchev–Trinajstić information content (AvgIpc) is 2.69. The number of ether oxygens (including phenoxy) is 1. The summed E-state index contributed by atoms with van der Waals surface area (Å²) in [7, 11) is 0. The standard InChI is InChI=1S/C22H20O5/c1-13-18(26-20(21(23)24)14-7-3-2-4-8-14)12-11-16-15-9-5-6-10-17(15)22(25)27-19(13)16/h2-4,7-8,11-12,20H,5-6,9-10H2,1H3,(H,23,24)/t20-/m0/s1. The highest BCUT2D eigenvalue weighted by molar-refractivity contribution is 5.86. The van der Waals surface area contributed by atoms with Crippen molar-refractivity contribution in [3.05, 3.63) is 75.1 Å². The Morgan fingerprint density at radius 3 is 2.48 bits per heavy atom. The Morgan fingerprint density at radius 1 is 1.07 bits per heavy atom. The van der Waals surface area contributed by atoms with Crippen molar-refractivity contribution in [3.63, 3.8) is 0 Å². The third kappa shape index (κ3) is 3.10. The van der Waals surface area contributed by atoms with Gasteiger partial charge in [-0.1, -0.05) is 30.3 Å². The maximum absolute atomic E-state index is 12.4. The second-order valence-corrected chi connectivity index (χ2v) is 6.87. The molecule has 0 unspecified atom stereocenters. The highest BCUT2D eigenvalue weighted by atomic mass is 16.5. The second kappa shape index (κ2) is 6.91. The molecule has 0 bridgehead atoms. The SMILES string of the molecule is Cc1c(O[C@H](C(=O)O)c2ccccc2)ccc2c3c(c(=O)oc12)CCCC3. The molecule has 4 rings (SSSR count). The number of rotatable bonds is 4. The summed E-state index contributed by atoms with van der Waals surface area (Å²) in [6, 6.07) is 12.4. The van der Waals surface area contributed by atoms with Crippen molar-refractivity contribution >= 4 is 16.9 Å². The van der Waals surface area contributed by atoms with Crippen molar-refractivity contribution in [1.29, 1.82) is 0 Å². The zero-order chi connectivity index (χ0) is 19.0. The predicted molar refractivity (Wildman–Crippen MR) is 101 cm³/mol. The van der Waals surface area contributed by atoms with E-state index in [1.54, 1.807) is 37.3 Å². The van der Waals surface area contributed by atoms with E-state index >= 15 is 0 Å². The Labute approximate surface area is 156 Å². The van der Waals surface area contributed by atoms with Crippen LogP contribution in [0.1, 0.15) is 41.2 Å². The maximum Gasteiger partial charge on any atom is 0.349 e. The molecule has 138 valence electrons. The van der Waals surface area contributed by atoms with Crippen LogP contribution in [0.4, 0.5) is 0 Å². The minimum Gasteiger partial charge on any atom is -0.478 e.